The summed E-state index contributed by atoms with van der Waals surface area (Å²) in [5.74, 6) is -0.126. The van der Waals surface area contributed by atoms with Crippen molar-refractivity contribution in [1.82, 2.24) is 0 Å². The molecule has 0 radical (unpaired) electrons. The van der Waals surface area contributed by atoms with Gasteiger partial charge in [0.1, 0.15) is 12.4 Å². The molecule has 4 rings (SSSR count). The van der Waals surface area contributed by atoms with E-state index in [1.54, 1.807) is 30.3 Å². The van der Waals surface area contributed by atoms with Crippen LogP contribution in [0.2, 0.25) is 0 Å². The van der Waals surface area contributed by atoms with E-state index in [0.29, 0.717) is 33.1 Å². The van der Waals surface area contributed by atoms with Crippen LogP contribution in [0, 0.1) is 0 Å². The summed E-state index contributed by atoms with van der Waals surface area (Å²) in [4.78, 5) is 25.9. The molecule has 0 spiro atoms. The molecule has 1 N–H and O–H groups in total. The molecular formula is C24H19NO6S2. The Morgan fingerprint density at radius 2 is 1.91 bits per heavy atom. The van der Waals surface area contributed by atoms with Crippen molar-refractivity contribution in [3.8, 4) is 11.5 Å². The first-order valence-electron chi connectivity index (χ1n) is 10.0. The molecule has 1 fully saturated rings. The van der Waals surface area contributed by atoms with Crippen molar-refractivity contribution < 1.29 is 28.6 Å². The van der Waals surface area contributed by atoms with Crippen molar-refractivity contribution >= 4 is 51.9 Å². The molecule has 1 aliphatic heterocycles. The maximum Gasteiger partial charge on any atom is 0.371 e. The second-order valence-corrected chi connectivity index (χ2v) is 8.53. The molecule has 1 aromatic heterocycles. The van der Waals surface area contributed by atoms with Crippen LogP contribution in [0.25, 0.3) is 6.08 Å². The van der Waals surface area contributed by atoms with Crippen LogP contribution in [0.4, 0.5) is 5.69 Å². The van der Waals surface area contributed by atoms with E-state index in [1.807, 2.05) is 37.3 Å². The van der Waals surface area contributed by atoms with Gasteiger partial charge in [0.15, 0.2) is 15.8 Å². The van der Waals surface area contributed by atoms with Crippen molar-refractivity contribution in [2.24, 2.45) is 0 Å². The van der Waals surface area contributed by atoms with Gasteiger partial charge in [0, 0.05) is 0 Å². The largest absolute Gasteiger partial charge is 0.490 e. The van der Waals surface area contributed by atoms with E-state index < -0.39 is 5.97 Å². The monoisotopic (exact) mass is 481 g/mol. The molecule has 168 valence electrons. The lowest BCUT2D eigenvalue weighted by atomic mass is 10.1. The van der Waals surface area contributed by atoms with E-state index in [4.69, 9.17) is 31.2 Å². The van der Waals surface area contributed by atoms with E-state index in [2.05, 4.69) is 0 Å². The second-order valence-electron chi connectivity index (χ2n) is 6.85. The van der Waals surface area contributed by atoms with Gasteiger partial charge in [-0.05, 0) is 55.0 Å². The highest BCUT2D eigenvalue weighted by molar-refractivity contribution is 8.27. The lowest BCUT2D eigenvalue weighted by Gasteiger charge is -2.14. The molecule has 0 atom stereocenters. The van der Waals surface area contributed by atoms with Crippen LogP contribution >= 0.6 is 24.0 Å². The summed E-state index contributed by atoms with van der Waals surface area (Å²) in [6.07, 6.45) is 1.76. The number of carbonyl (C=O) groups is 2. The Morgan fingerprint density at radius 1 is 1.12 bits per heavy atom. The Morgan fingerprint density at radius 3 is 2.61 bits per heavy atom. The van der Waals surface area contributed by atoms with Crippen LogP contribution < -0.4 is 14.4 Å². The molecule has 9 heteroatoms. The third-order valence-corrected chi connectivity index (χ3v) is 5.92. The number of aromatic carboxylic acids is 1. The van der Waals surface area contributed by atoms with E-state index in [-0.39, 0.29) is 18.3 Å². The molecule has 1 amide bonds. The van der Waals surface area contributed by atoms with Crippen molar-refractivity contribution in [2.45, 2.75) is 13.5 Å². The first-order valence-corrected chi connectivity index (χ1v) is 11.2. The number of furan rings is 1. The zero-order chi connectivity index (χ0) is 23.4. The van der Waals surface area contributed by atoms with Crippen molar-refractivity contribution in [1.29, 1.82) is 0 Å². The quantitative estimate of drug-likeness (QED) is 0.340. The number of para-hydroxylation sites is 1. The minimum Gasteiger partial charge on any atom is -0.490 e. The fourth-order valence-corrected chi connectivity index (χ4v) is 4.44. The first kappa shape index (κ1) is 22.6. The first-order chi connectivity index (χ1) is 16.0. The summed E-state index contributed by atoms with van der Waals surface area (Å²) in [5, 5.41) is 8.96. The van der Waals surface area contributed by atoms with Crippen LogP contribution in [0.3, 0.4) is 0 Å². The molecule has 33 heavy (non-hydrogen) atoms. The van der Waals surface area contributed by atoms with Gasteiger partial charge in [0.2, 0.25) is 5.76 Å². The number of amides is 1. The molecule has 0 bridgehead atoms. The van der Waals surface area contributed by atoms with Gasteiger partial charge >= 0.3 is 5.97 Å². The van der Waals surface area contributed by atoms with Crippen molar-refractivity contribution in [3.05, 3.63) is 82.7 Å². The number of carbonyl (C=O) groups excluding carboxylic acids is 1. The molecule has 0 aliphatic carbocycles. The fraction of sp³-hybridized carbons (Fsp3) is 0.125. The summed E-state index contributed by atoms with van der Waals surface area (Å²) in [5.41, 5.74) is 1.48. The Hall–Kier alpha value is -3.56. The number of carboxylic acid groups (broad SMARTS) is 1. The third kappa shape index (κ3) is 5.10. The summed E-state index contributed by atoms with van der Waals surface area (Å²) in [6, 6.07) is 17.5. The van der Waals surface area contributed by atoms with Crippen molar-refractivity contribution in [3.63, 3.8) is 0 Å². The van der Waals surface area contributed by atoms with Gasteiger partial charge in [0.05, 0.1) is 17.2 Å². The smallest absolute Gasteiger partial charge is 0.371 e. The number of rotatable bonds is 8. The minimum atomic E-state index is -1.14. The van der Waals surface area contributed by atoms with Gasteiger partial charge in [-0.15, -0.1) is 0 Å². The summed E-state index contributed by atoms with van der Waals surface area (Å²) < 4.78 is 17.2. The summed E-state index contributed by atoms with van der Waals surface area (Å²) in [7, 11) is 0. The zero-order valence-corrected chi connectivity index (χ0v) is 19.2. The maximum atomic E-state index is 12.9. The molecule has 0 unspecified atom stereocenters. The number of ether oxygens (including phenoxy) is 2. The number of carboxylic acids is 1. The van der Waals surface area contributed by atoms with Gasteiger partial charge in [-0.1, -0.05) is 48.2 Å². The number of thioether (sulfide) groups is 1. The van der Waals surface area contributed by atoms with Gasteiger partial charge in [-0.2, -0.15) is 0 Å². The van der Waals surface area contributed by atoms with E-state index in [0.717, 1.165) is 11.3 Å². The topological polar surface area (TPSA) is 89.2 Å². The van der Waals surface area contributed by atoms with E-state index >= 15 is 0 Å². The standard InChI is InChI=1S/C24H19NO6S2/c1-2-29-20-12-15(8-10-18(20)30-14-17-9-11-19(31-17)23(27)28)13-21-22(26)25(24(32)33-21)16-6-4-3-5-7-16/h3-13H,2,14H2,1H3,(H,27,28). The fourth-order valence-electron chi connectivity index (χ4n) is 3.14. The SMILES string of the molecule is CCOc1cc(C=C2SC(=S)N(c3ccccc3)C2=O)ccc1OCc1ccc(C(=O)O)o1. The van der Waals surface area contributed by atoms with Crippen LogP contribution in [0.15, 0.2) is 70.0 Å². The Bertz CT molecular complexity index is 1230. The summed E-state index contributed by atoms with van der Waals surface area (Å²) in [6.45, 7) is 2.31. The highest BCUT2D eigenvalue weighted by Crippen LogP contribution is 2.37. The molecule has 3 aromatic rings. The number of nitrogens with zero attached hydrogens (tertiary/aromatic N) is 1. The third-order valence-electron chi connectivity index (χ3n) is 4.62. The second kappa shape index (κ2) is 9.93. The van der Waals surface area contributed by atoms with Crippen LogP contribution in [-0.4, -0.2) is 27.9 Å². The molecule has 7 nitrogen and oxygen atoms in total. The minimum absolute atomic E-state index is 0.0441. The van der Waals surface area contributed by atoms with Crippen LogP contribution in [0.5, 0.6) is 11.5 Å². The van der Waals surface area contributed by atoms with Gasteiger partial charge in [0.25, 0.3) is 5.91 Å². The number of benzene rings is 2. The normalized spacial score (nSPS) is 14.7. The van der Waals surface area contributed by atoms with Crippen molar-refractivity contribution in [2.75, 3.05) is 11.5 Å². The van der Waals surface area contributed by atoms with Gasteiger partial charge in [-0.3, -0.25) is 9.69 Å². The Kier molecular flexibility index (Phi) is 6.81. The van der Waals surface area contributed by atoms with E-state index in [9.17, 15) is 9.59 Å². The molecule has 1 saturated heterocycles. The number of hydrogen-bond donors (Lipinski definition) is 1. The lowest BCUT2D eigenvalue weighted by Crippen LogP contribution is -2.27. The maximum absolute atomic E-state index is 12.9. The highest BCUT2D eigenvalue weighted by Gasteiger charge is 2.33. The molecule has 0 saturated carbocycles. The van der Waals surface area contributed by atoms with Gasteiger partial charge in [-0.25, -0.2) is 4.79 Å². The van der Waals surface area contributed by atoms with Crippen LogP contribution in [0.1, 0.15) is 28.8 Å². The average molecular weight is 482 g/mol. The Labute approximate surface area is 199 Å². The number of thiocarbonyl (C=S) groups is 1. The number of anilines is 1. The molecule has 2 heterocycles. The zero-order valence-electron chi connectivity index (χ0n) is 17.5. The molecule has 1 aliphatic rings. The lowest BCUT2D eigenvalue weighted by molar-refractivity contribution is -0.113. The van der Waals surface area contributed by atoms with Gasteiger partial charge < -0.3 is 19.0 Å². The molecular weight excluding hydrogens is 462 g/mol. The summed E-state index contributed by atoms with van der Waals surface area (Å²) >= 11 is 6.66. The molecule has 2 aromatic carbocycles. The average Bonchev–Trinajstić information content (AvgIpc) is 3.39. The Balaban J connectivity index is 1.53. The van der Waals surface area contributed by atoms with E-state index in [1.165, 1.54) is 22.7 Å². The highest BCUT2D eigenvalue weighted by atomic mass is 32.2. The number of hydrogen-bond acceptors (Lipinski definition) is 7. The predicted octanol–water partition coefficient (Wildman–Crippen LogP) is 5.36. The van der Waals surface area contributed by atoms with Crippen LogP contribution in [-0.2, 0) is 11.4 Å². The predicted molar refractivity (Wildman–Crippen MR) is 130 cm³/mol.